The molecule has 1 aromatic carbocycles. The summed E-state index contributed by atoms with van der Waals surface area (Å²) < 4.78 is 5.39. The summed E-state index contributed by atoms with van der Waals surface area (Å²) in [6.07, 6.45) is -0.116. The average Bonchev–Trinajstić information content (AvgIpc) is 2.94. The number of thiophene rings is 1. The van der Waals surface area contributed by atoms with Crippen molar-refractivity contribution in [2.45, 2.75) is 6.10 Å². The molecule has 0 aliphatic rings. The standard InChI is InChI=1S/C14H15NO2S/c1-17-12(11-6-3-2-4-7-11)10-15-14(16)13-8-5-9-18-13/h2-9,12H,10H2,1H3,(H,15,16). The van der Waals surface area contributed by atoms with Crippen molar-refractivity contribution in [3.05, 3.63) is 58.3 Å². The van der Waals surface area contributed by atoms with E-state index in [2.05, 4.69) is 5.32 Å². The topological polar surface area (TPSA) is 38.3 Å². The minimum atomic E-state index is -0.116. The average molecular weight is 261 g/mol. The third-order valence-corrected chi connectivity index (χ3v) is 3.52. The van der Waals surface area contributed by atoms with Gasteiger partial charge < -0.3 is 10.1 Å². The molecule has 0 radical (unpaired) electrons. The molecule has 1 aromatic heterocycles. The van der Waals surface area contributed by atoms with E-state index in [0.29, 0.717) is 6.54 Å². The maximum Gasteiger partial charge on any atom is 0.261 e. The van der Waals surface area contributed by atoms with Gasteiger partial charge in [-0.05, 0) is 17.0 Å². The summed E-state index contributed by atoms with van der Waals surface area (Å²) in [6, 6.07) is 13.5. The highest BCUT2D eigenvalue weighted by atomic mass is 32.1. The van der Waals surface area contributed by atoms with Crippen molar-refractivity contribution in [2.24, 2.45) is 0 Å². The fourth-order valence-electron chi connectivity index (χ4n) is 1.69. The van der Waals surface area contributed by atoms with Gasteiger partial charge in [0.1, 0.15) is 0 Å². The van der Waals surface area contributed by atoms with Gasteiger partial charge in [0.05, 0.1) is 11.0 Å². The van der Waals surface area contributed by atoms with E-state index in [1.807, 2.05) is 47.8 Å². The molecule has 0 aliphatic heterocycles. The first-order valence-electron chi connectivity index (χ1n) is 5.70. The van der Waals surface area contributed by atoms with Crippen LogP contribution in [-0.2, 0) is 4.74 Å². The van der Waals surface area contributed by atoms with Crippen LogP contribution in [0.15, 0.2) is 47.8 Å². The smallest absolute Gasteiger partial charge is 0.261 e. The third kappa shape index (κ3) is 3.18. The number of benzene rings is 1. The first kappa shape index (κ1) is 12.8. The molecule has 2 aromatic rings. The van der Waals surface area contributed by atoms with Crippen molar-refractivity contribution in [1.29, 1.82) is 0 Å². The van der Waals surface area contributed by atoms with Gasteiger partial charge in [-0.2, -0.15) is 0 Å². The SMILES string of the molecule is COC(CNC(=O)c1cccs1)c1ccccc1. The molecular weight excluding hydrogens is 246 g/mol. The first-order chi connectivity index (χ1) is 8.81. The number of hydrogen-bond acceptors (Lipinski definition) is 3. The van der Waals surface area contributed by atoms with Crippen molar-refractivity contribution < 1.29 is 9.53 Å². The quantitative estimate of drug-likeness (QED) is 0.898. The Hall–Kier alpha value is -1.65. The van der Waals surface area contributed by atoms with Crippen LogP contribution in [0.4, 0.5) is 0 Å². The zero-order valence-corrected chi connectivity index (χ0v) is 10.9. The van der Waals surface area contributed by atoms with Crippen molar-refractivity contribution in [2.75, 3.05) is 13.7 Å². The van der Waals surface area contributed by atoms with Gasteiger partial charge in [-0.1, -0.05) is 36.4 Å². The monoisotopic (exact) mass is 261 g/mol. The number of nitrogens with one attached hydrogen (secondary N) is 1. The van der Waals surface area contributed by atoms with Crippen LogP contribution >= 0.6 is 11.3 Å². The molecule has 0 aliphatic carbocycles. The molecule has 1 atom stereocenters. The minimum absolute atomic E-state index is 0.0528. The number of carbonyl (C=O) groups is 1. The molecule has 0 spiro atoms. The van der Waals surface area contributed by atoms with Gasteiger partial charge in [-0.15, -0.1) is 11.3 Å². The Kier molecular flexibility index (Phi) is 4.50. The highest BCUT2D eigenvalue weighted by molar-refractivity contribution is 7.12. The molecule has 1 amide bonds. The van der Waals surface area contributed by atoms with Crippen molar-refractivity contribution in [1.82, 2.24) is 5.32 Å². The Morgan fingerprint density at radius 1 is 1.28 bits per heavy atom. The molecule has 0 bridgehead atoms. The van der Waals surface area contributed by atoms with E-state index in [4.69, 9.17) is 4.74 Å². The molecule has 18 heavy (non-hydrogen) atoms. The molecule has 94 valence electrons. The van der Waals surface area contributed by atoms with Gasteiger partial charge in [0.15, 0.2) is 0 Å². The predicted octanol–water partition coefficient (Wildman–Crippen LogP) is 2.87. The summed E-state index contributed by atoms with van der Waals surface area (Å²) in [4.78, 5) is 12.5. The van der Waals surface area contributed by atoms with Crippen molar-refractivity contribution >= 4 is 17.2 Å². The maximum atomic E-state index is 11.8. The number of amides is 1. The number of methoxy groups -OCH3 is 1. The van der Waals surface area contributed by atoms with Crippen LogP contribution in [0.3, 0.4) is 0 Å². The van der Waals surface area contributed by atoms with Crippen LogP contribution in [0.5, 0.6) is 0 Å². The Morgan fingerprint density at radius 2 is 2.06 bits per heavy atom. The van der Waals surface area contributed by atoms with E-state index in [1.54, 1.807) is 7.11 Å². The van der Waals surface area contributed by atoms with E-state index in [1.165, 1.54) is 11.3 Å². The van der Waals surface area contributed by atoms with Crippen LogP contribution in [0.25, 0.3) is 0 Å². The number of hydrogen-bond donors (Lipinski definition) is 1. The zero-order valence-electron chi connectivity index (χ0n) is 10.1. The Bertz CT molecular complexity index is 482. The molecule has 0 fully saturated rings. The summed E-state index contributed by atoms with van der Waals surface area (Å²) in [7, 11) is 1.65. The lowest BCUT2D eigenvalue weighted by Gasteiger charge is -2.16. The fourth-order valence-corrected chi connectivity index (χ4v) is 2.33. The number of ether oxygens (including phenoxy) is 1. The first-order valence-corrected chi connectivity index (χ1v) is 6.58. The molecule has 0 saturated heterocycles. The molecule has 2 rings (SSSR count). The number of rotatable bonds is 5. The Balaban J connectivity index is 1.94. The molecular formula is C14H15NO2S. The lowest BCUT2D eigenvalue weighted by Crippen LogP contribution is -2.28. The van der Waals surface area contributed by atoms with Gasteiger partial charge in [0.2, 0.25) is 0 Å². The molecule has 0 saturated carbocycles. The second-order valence-electron chi connectivity index (χ2n) is 3.82. The molecule has 1 unspecified atom stereocenters. The molecule has 4 heteroatoms. The second kappa shape index (κ2) is 6.33. The van der Waals surface area contributed by atoms with Gasteiger partial charge in [0, 0.05) is 13.7 Å². The van der Waals surface area contributed by atoms with Crippen LogP contribution < -0.4 is 5.32 Å². The summed E-state index contributed by atoms with van der Waals surface area (Å²) in [5, 5.41) is 4.77. The van der Waals surface area contributed by atoms with Gasteiger partial charge in [-0.3, -0.25) is 4.79 Å². The van der Waals surface area contributed by atoms with E-state index in [0.717, 1.165) is 10.4 Å². The second-order valence-corrected chi connectivity index (χ2v) is 4.77. The fraction of sp³-hybridized carbons (Fsp3) is 0.214. The van der Waals surface area contributed by atoms with Crippen LogP contribution in [0, 0.1) is 0 Å². The Labute approximate surface area is 110 Å². The summed E-state index contributed by atoms with van der Waals surface area (Å²) in [6.45, 7) is 0.469. The maximum absolute atomic E-state index is 11.8. The summed E-state index contributed by atoms with van der Waals surface area (Å²) in [5.74, 6) is -0.0528. The molecule has 1 heterocycles. The van der Waals surface area contributed by atoms with E-state index < -0.39 is 0 Å². The van der Waals surface area contributed by atoms with Gasteiger partial charge >= 0.3 is 0 Å². The summed E-state index contributed by atoms with van der Waals surface area (Å²) in [5.41, 5.74) is 1.06. The number of carbonyl (C=O) groups excluding carboxylic acids is 1. The normalized spacial score (nSPS) is 12.1. The Morgan fingerprint density at radius 3 is 2.67 bits per heavy atom. The van der Waals surface area contributed by atoms with E-state index >= 15 is 0 Å². The molecule has 1 N–H and O–H groups in total. The van der Waals surface area contributed by atoms with Crippen molar-refractivity contribution in [3.8, 4) is 0 Å². The lowest BCUT2D eigenvalue weighted by atomic mass is 10.1. The van der Waals surface area contributed by atoms with Crippen LogP contribution in [0.2, 0.25) is 0 Å². The van der Waals surface area contributed by atoms with Crippen LogP contribution in [-0.4, -0.2) is 19.6 Å². The molecule has 3 nitrogen and oxygen atoms in total. The predicted molar refractivity (Wildman–Crippen MR) is 72.8 cm³/mol. The van der Waals surface area contributed by atoms with E-state index in [-0.39, 0.29) is 12.0 Å². The third-order valence-electron chi connectivity index (χ3n) is 2.65. The van der Waals surface area contributed by atoms with Gasteiger partial charge in [-0.25, -0.2) is 0 Å². The lowest BCUT2D eigenvalue weighted by molar-refractivity contribution is 0.0831. The highest BCUT2D eigenvalue weighted by Crippen LogP contribution is 2.15. The van der Waals surface area contributed by atoms with E-state index in [9.17, 15) is 4.79 Å². The van der Waals surface area contributed by atoms with Crippen molar-refractivity contribution in [3.63, 3.8) is 0 Å². The summed E-state index contributed by atoms with van der Waals surface area (Å²) >= 11 is 1.43. The highest BCUT2D eigenvalue weighted by Gasteiger charge is 2.12. The van der Waals surface area contributed by atoms with Gasteiger partial charge in [0.25, 0.3) is 5.91 Å². The van der Waals surface area contributed by atoms with Crippen LogP contribution in [0.1, 0.15) is 21.3 Å². The minimum Gasteiger partial charge on any atom is -0.375 e. The largest absolute Gasteiger partial charge is 0.375 e. The zero-order chi connectivity index (χ0) is 12.8.